The lowest BCUT2D eigenvalue weighted by Crippen LogP contribution is -2.48. The normalized spacial score (nSPS) is 19.3. The van der Waals surface area contributed by atoms with Crippen LogP contribution in [0.3, 0.4) is 0 Å². The molecule has 270 valence electrons. The second-order valence-electron chi connectivity index (χ2n) is 13.6. The summed E-state index contributed by atoms with van der Waals surface area (Å²) in [6.07, 6.45) is 2.02. The smallest absolute Gasteiger partial charge is 0.321 e. The molecule has 1 heterocycles. The zero-order valence-corrected chi connectivity index (χ0v) is 30.0. The highest BCUT2D eigenvalue weighted by Gasteiger charge is 2.31. The Morgan fingerprint density at radius 3 is 2.49 bits per heavy atom. The van der Waals surface area contributed by atoms with Crippen LogP contribution in [0.15, 0.2) is 91.0 Å². The summed E-state index contributed by atoms with van der Waals surface area (Å²) >= 11 is 0. The number of hydrogen-bond acceptors (Lipinski definition) is 6. The van der Waals surface area contributed by atoms with Crippen LogP contribution in [0.4, 0.5) is 16.2 Å². The number of fused-ring (bicyclic) bond motifs is 2. The van der Waals surface area contributed by atoms with Gasteiger partial charge in [-0.1, -0.05) is 73.7 Å². The van der Waals surface area contributed by atoms with Crippen LogP contribution in [0.5, 0.6) is 5.75 Å². The summed E-state index contributed by atoms with van der Waals surface area (Å²) in [4.78, 5) is 44.1. The molecule has 4 aromatic carbocycles. The average Bonchev–Trinajstić information content (AvgIpc) is 3.13. The van der Waals surface area contributed by atoms with Crippen molar-refractivity contribution in [1.82, 2.24) is 9.80 Å². The Kier molecular flexibility index (Phi) is 13.0. The molecule has 3 N–H and O–H groups in total. The number of carbonyl (C=O) groups is 3. The van der Waals surface area contributed by atoms with Crippen LogP contribution in [0, 0.1) is 5.92 Å². The fourth-order valence-corrected chi connectivity index (χ4v) is 6.35. The van der Waals surface area contributed by atoms with E-state index < -0.39 is 12.1 Å². The van der Waals surface area contributed by atoms with E-state index in [0.29, 0.717) is 30.2 Å². The van der Waals surface area contributed by atoms with Gasteiger partial charge in [0.2, 0.25) is 5.91 Å². The van der Waals surface area contributed by atoms with Crippen molar-refractivity contribution in [1.29, 1.82) is 0 Å². The summed E-state index contributed by atoms with van der Waals surface area (Å²) in [6.45, 7) is 6.55. The van der Waals surface area contributed by atoms with Gasteiger partial charge in [0.1, 0.15) is 5.75 Å². The van der Waals surface area contributed by atoms with Crippen molar-refractivity contribution < 1.29 is 29.0 Å². The quantitative estimate of drug-likeness (QED) is 0.183. The molecule has 10 nitrogen and oxygen atoms in total. The highest BCUT2D eigenvalue weighted by atomic mass is 16.5. The molecule has 0 spiro atoms. The van der Waals surface area contributed by atoms with Crippen LogP contribution >= 0.6 is 0 Å². The van der Waals surface area contributed by atoms with Gasteiger partial charge in [-0.15, -0.1) is 0 Å². The molecule has 0 bridgehead atoms. The molecule has 0 radical (unpaired) electrons. The maximum atomic E-state index is 14.4. The Balaban J connectivity index is 1.37. The number of amides is 4. The maximum Gasteiger partial charge on any atom is 0.321 e. The molecule has 5 rings (SSSR count). The number of nitrogens with one attached hydrogen (secondary N) is 2. The largest absolute Gasteiger partial charge is 0.490 e. The number of ether oxygens (including phenoxy) is 2. The number of anilines is 2. The van der Waals surface area contributed by atoms with E-state index in [1.165, 1.54) is 0 Å². The van der Waals surface area contributed by atoms with E-state index in [-0.39, 0.29) is 49.4 Å². The summed E-state index contributed by atoms with van der Waals surface area (Å²) < 4.78 is 12.8. The number of carbonyl (C=O) groups excluding carboxylic acids is 3. The average molecular weight is 695 g/mol. The van der Waals surface area contributed by atoms with E-state index in [1.54, 1.807) is 42.0 Å². The molecule has 4 atom stereocenters. The third kappa shape index (κ3) is 10.1. The van der Waals surface area contributed by atoms with Crippen LogP contribution < -0.4 is 15.4 Å². The fraction of sp³-hybridized carbons (Fsp3) is 0.390. The molecule has 4 aromatic rings. The molecule has 51 heavy (non-hydrogen) atoms. The van der Waals surface area contributed by atoms with Crippen LogP contribution in [0.25, 0.3) is 10.8 Å². The zero-order valence-electron chi connectivity index (χ0n) is 30.0. The number of hydrogen-bond donors (Lipinski definition) is 3. The van der Waals surface area contributed by atoms with Gasteiger partial charge in [-0.3, -0.25) is 9.59 Å². The van der Waals surface area contributed by atoms with Crippen molar-refractivity contribution in [2.75, 3.05) is 44.0 Å². The molecule has 0 saturated heterocycles. The van der Waals surface area contributed by atoms with Gasteiger partial charge in [-0.25, -0.2) is 4.79 Å². The molecule has 0 aromatic heterocycles. The van der Waals surface area contributed by atoms with E-state index in [2.05, 4.69) is 10.6 Å². The highest BCUT2D eigenvalue weighted by molar-refractivity contribution is 6.02. The van der Waals surface area contributed by atoms with Crippen molar-refractivity contribution in [2.45, 2.75) is 64.7 Å². The Morgan fingerprint density at radius 1 is 0.961 bits per heavy atom. The van der Waals surface area contributed by atoms with Crippen LogP contribution in [-0.2, 0) is 16.0 Å². The lowest BCUT2D eigenvalue weighted by atomic mass is 10.0. The Labute approximate surface area is 300 Å². The third-order valence-corrected chi connectivity index (χ3v) is 9.37. The van der Waals surface area contributed by atoms with Crippen LogP contribution in [0.2, 0.25) is 0 Å². The number of aliphatic hydroxyl groups is 1. The molecule has 1 aliphatic heterocycles. The topological polar surface area (TPSA) is 120 Å². The first-order valence-electron chi connectivity index (χ1n) is 17.8. The number of rotatable bonds is 8. The lowest BCUT2D eigenvalue weighted by molar-refractivity contribution is -0.115. The Morgan fingerprint density at radius 2 is 1.71 bits per heavy atom. The minimum absolute atomic E-state index is 0.180. The first-order valence-corrected chi connectivity index (χ1v) is 17.8. The van der Waals surface area contributed by atoms with Gasteiger partial charge in [0.25, 0.3) is 5.91 Å². The standard InChI is InChI=1S/C41H50N4O6/c1-28-25-45(29(2)27-46)40(48)35-24-33(42-39(47)23-31-14-6-5-7-15-31)20-21-37(35)51-30(3)13-10-11-22-50-38(28)26-44(4)41(49)43-36-19-12-17-32-16-8-9-18-34(32)36/h5-9,12,14-21,24,28-30,38,46H,10-11,13,22-23,25-27H2,1-4H3,(H,42,47)(H,43,49)/t28-,29-,30-,38+/m1/s1. The molecule has 1 aliphatic rings. The first kappa shape index (κ1) is 37.3. The van der Waals surface area contributed by atoms with Crippen molar-refractivity contribution >= 4 is 40.0 Å². The molecular formula is C41H50N4O6. The van der Waals surface area contributed by atoms with Crippen LogP contribution in [0.1, 0.15) is 56.0 Å². The third-order valence-electron chi connectivity index (χ3n) is 9.37. The van der Waals surface area contributed by atoms with Gasteiger partial charge in [0.05, 0.1) is 42.5 Å². The molecule has 0 aliphatic carbocycles. The summed E-state index contributed by atoms with van der Waals surface area (Å²) in [7, 11) is 1.74. The van der Waals surface area contributed by atoms with E-state index in [9.17, 15) is 19.5 Å². The molecular weight excluding hydrogens is 644 g/mol. The summed E-state index contributed by atoms with van der Waals surface area (Å²) in [6, 6.07) is 27.5. The zero-order chi connectivity index (χ0) is 36.3. The predicted molar refractivity (Wildman–Crippen MR) is 201 cm³/mol. The summed E-state index contributed by atoms with van der Waals surface area (Å²) in [5.41, 5.74) is 2.38. The minimum atomic E-state index is -0.525. The van der Waals surface area contributed by atoms with E-state index in [4.69, 9.17) is 9.47 Å². The first-order chi connectivity index (χ1) is 24.6. The van der Waals surface area contributed by atoms with E-state index in [0.717, 1.165) is 41.3 Å². The van der Waals surface area contributed by atoms with Gasteiger partial charge in [0.15, 0.2) is 0 Å². The highest BCUT2D eigenvalue weighted by Crippen LogP contribution is 2.29. The predicted octanol–water partition coefficient (Wildman–Crippen LogP) is 6.98. The summed E-state index contributed by atoms with van der Waals surface area (Å²) in [5, 5.41) is 18.3. The number of urea groups is 1. The number of nitrogens with zero attached hydrogens (tertiary/aromatic N) is 2. The molecule has 0 saturated carbocycles. The van der Waals surface area contributed by atoms with Gasteiger partial charge < -0.3 is 35.0 Å². The molecule has 0 unspecified atom stereocenters. The number of likely N-dealkylation sites (N-methyl/N-ethyl adjacent to an activating group) is 1. The van der Waals surface area contributed by atoms with Crippen molar-refractivity contribution in [3.05, 3.63) is 102 Å². The Bertz CT molecular complexity index is 1780. The van der Waals surface area contributed by atoms with Crippen molar-refractivity contribution in [3.63, 3.8) is 0 Å². The molecule has 0 fully saturated rings. The van der Waals surface area contributed by atoms with Gasteiger partial charge in [0, 0.05) is 43.7 Å². The number of aliphatic hydroxyl groups excluding tert-OH is 1. The van der Waals surface area contributed by atoms with Gasteiger partial charge >= 0.3 is 6.03 Å². The second-order valence-corrected chi connectivity index (χ2v) is 13.6. The minimum Gasteiger partial charge on any atom is -0.490 e. The monoisotopic (exact) mass is 694 g/mol. The summed E-state index contributed by atoms with van der Waals surface area (Å²) in [5.74, 6) is -0.323. The maximum absolute atomic E-state index is 14.4. The fourth-order valence-electron chi connectivity index (χ4n) is 6.35. The van der Waals surface area contributed by atoms with E-state index >= 15 is 0 Å². The van der Waals surface area contributed by atoms with Crippen molar-refractivity contribution in [2.24, 2.45) is 5.92 Å². The van der Waals surface area contributed by atoms with Crippen LogP contribution in [-0.4, -0.2) is 84.4 Å². The number of benzene rings is 4. The second kappa shape index (κ2) is 17.8. The van der Waals surface area contributed by atoms with Crippen molar-refractivity contribution in [3.8, 4) is 5.75 Å². The molecule has 4 amide bonds. The van der Waals surface area contributed by atoms with Gasteiger partial charge in [-0.2, -0.15) is 0 Å². The Hall–Kier alpha value is -4.93. The van der Waals surface area contributed by atoms with Gasteiger partial charge in [-0.05, 0) is 68.3 Å². The lowest BCUT2D eigenvalue weighted by Gasteiger charge is -2.35. The van der Waals surface area contributed by atoms with E-state index in [1.807, 2.05) is 86.6 Å². The molecule has 10 heteroatoms. The SMILES string of the molecule is C[C@@H]1CCCCO[C@@H](CN(C)C(=O)Nc2cccc3ccccc23)[C@H](C)CN([C@H](C)CO)C(=O)c2cc(NC(=O)Cc3ccccc3)ccc2O1.